The zero-order valence-electron chi connectivity index (χ0n) is 16.3. The highest BCUT2D eigenvalue weighted by molar-refractivity contribution is 6.30. The van der Waals surface area contributed by atoms with Crippen LogP contribution >= 0.6 is 0 Å². The van der Waals surface area contributed by atoms with Gasteiger partial charge in [-0.15, -0.1) is 0 Å². The van der Waals surface area contributed by atoms with E-state index >= 15 is 0 Å². The second-order valence-corrected chi connectivity index (χ2v) is 7.18. The van der Waals surface area contributed by atoms with Gasteiger partial charge in [0.15, 0.2) is 5.78 Å². The summed E-state index contributed by atoms with van der Waals surface area (Å²) in [6.45, 7) is 3.40. The maximum absolute atomic E-state index is 12.9. The van der Waals surface area contributed by atoms with Crippen molar-refractivity contribution in [2.75, 3.05) is 7.11 Å². The van der Waals surface area contributed by atoms with Crippen molar-refractivity contribution in [2.24, 2.45) is 5.92 Å². The minimum absolute atomic E-state index is 0.158. The molecule has 1 aliphatic rings. The van der Waals surface area contributed by atoms with E-state index in [1.807, 2.05) is 0 Å². The lowest BCUT2D eigenvalue weighted by atomic mass is 9.82. The first-order valence-corrected chi connectivity index (χ1v) is 8.97. The maximum atomic E-state index is 12.9. The van der Waals surface area contributed by atoms with Gasteiger partial charge in [0.05, 0.1) is 18.2 Å². The predicted molar refractivity (Wildman–Crippen MR) is 103 cm³/mol. The molecule has 0 spiro atoms. The van der Waals surface area contributed by atoms with Gasteiger partial charge in [-0.05, 0) is 24.1 Å². The summed E-state index contributed by atoms with van der Waals surface area (Å²) in [5, 5.41) is 32.5. The molecule has 0 aliphatic heterocycles. The topological polar surface area (TPSA) is 150 Å². The predicted octanol–water partition coefficient (Wildman–Crippen LogP) is 1.51. The molecular weight excluding hydrogens is 394 g/mol. The molecule has 0 fully saturated rings. The van der Waals surface area contributed by atoms with Crippen molar-refractivity contribution in [3.05, 3.63) is 52.1 Å². The number of hydrogen-bond acceptors (Lipinski definition) is 8. The van der Waals surface area contributed by atoms with Crippen LogP contribution in [-0.2, 0) is 9.53 Å². The molecule has 3 rings (SSSR count). The Labute approximate surface area is 170 Å². The Hall–Kier alpha value is -3.88. The third-order valence-corrected chi connectivity index (χ3v) is 4.83. The molecular formula is C21H19NO8. The number of phenols is 3. The van der Waals surface area contributed by atoms with Gasteiger partial charge in [0.2, 0.25) is 5.78 Å². The van der Waals surface area contributed by atoms with E-state index in [1.165, 1.54) is 7.11 Å². The SMILES string of the molecule is COC(=O)[C@@H](NC(=O)c1cc(O)c2c(c1)C(=O)c1cc(O)cc(O)c1C2=O)C(C)C. The molecule has 0 aromatic heterocycles. The number of carbonyl (C=O) groups excluding carboxylic acids is 4. The van der Waals surface area contributed by atoms with Gasteiger partial charge in [0.25, 0.3) is 5.91 Å². The van der Waals surface area contributed by atoms with Crippen molar-refractivity contribution in [3.63, 3.8) is 0 Å². The zero-order chi connectivity index (χ0) is 22.3. The minimum Gasteiger partial charge on any atom is -0.508 e. The van der Waals surface area contributed by atoms with E-state index in [9.17, 15) is 34.5 Å². The summed E-state index contributed by atoms with van der Waals surface area (Å²) >= 11 is 0. The van der Waals surface area contributed by atoms with Crippen LogP contribution in [0, 0.1) is 5.92 Å². The van der Waals surface area contributed by atoms with Gasteiger partial charge in [-0.3, -0.25) is 14.4 Å². The molecule has 156 valence electrons. The smallest absolute Gasteiger partial charge is 0.328 e. The summed E-state index contributed by atoms with van der Waals surface area (Å²) in [5.74, 6) is -4.96. The molecule has 0 heterocycles. The Morgan fingerprint density at radius 1 is 0.900 bits per heavy atom. The van der Waals surface area contributed by atoms with Gasteiger partial charge in [-0.2, -0.15) is 0 Å². The van der Waals surface area contributed by atoms with E-state index in [1.54, 1.807) is 13.8 Å². The average Bonchev–Trinajstić information content (AvgIpc) is 2.67. The molecule has 9 heteroatoms. The molecule has 0 unspecified atom stereocenters. The van der Waals surface area contributed by atoms with E-state index in [2.05, 4.69) is 10.1 Å². The Morgan fingerprint density at radius 2 is 1.47 bits per heavy atom. The molecule has 1 amide bonds. The summed E-state index contributed by atoms with van der Waals surface area (Å²) in [6.07, 6.45) is 0. The van der Waals surface area contributed by atoms with E-state index < -0.39 is 46.7 Å². The second kappa shape index (κ2) is 7.51. The largest absolute Gasteiger partial charge is 0.508 e. The van der Waals surface area contributed by atoms with Gasteiger partial charge in [-0.25, -0.2) is 4.79 Å². The van der Waals surface area contributed by atoms with Gasteiger partial charge in [-0.1, -0.05) is 13.8 Å². The van der Waals surface area contributed by atoms with Crippen LogP contribution in [0.4, 0.5) is 0 Å². The number of aromatic hydroxyl groups is 3. The van der Waals surface area contributed by atoms with Gasteiger partial charge in [0, 0.05) is 22.8 Å². The van der Waals surface area contributed by atoms with Crippen molar-refractivity contribution in [2.45, 2.75) is 19.9 Å². The monoisotopic (exact) mass is 413 g/mol. The fraction of sp³-hybridized carbons (Fsp3) is 0.238. The molecule has 0 saturated heterocycles. The first-order valence-electron chi connectivity index (χ1n) is 8.97. The van der Waals surface area contributed by atoms with Crippen LogP contribution in [-0.4, -0.2) is 51.9 Å². The highest BCUT2D eigenvalue weighted by Crippen LogP contribution is 2.39. The van der Waals surface area contributed by atoms with Crippen LogP contribution in [0.2, 0.25) is 0 Å². The van der Waals surface area contributed by atoms with Gasteiger partial charge in [0.1, 0.15) is 23.3 Å². The van der Waals surface area contributed by atoms with Crippen LogP contribution in [0.15, 0.2) is 24.3 Å². The second-order valence-electron chi connectivity index (χ2n) is 7.18. The van der Waals surface area contributed by atoms with Gasteiger partial charge >= 0.3 is 5.97 Å². The quantitative estimate of drug-likeness (QED) is 0.470. The first kappa shape index (κ1) is 20.8. The summed E-state index contributed by atoms with van der Waals surface area (Å²) in [5.41, 5.74) is -1.38. The summed E-state index contributed by atoms with van der Waals surface area (Å²) in [6, 6.07) is 3.08. The van der Waals surface area contributed by atoms with E-state index in [0.29, 0.717) is 0 Å². The number of esters is 1. The zero-order valence-corrected chi connectivity index (χ0v) is 16.3. The van der Waals surface area contributed by atoms with Crippen LogP contribution < -0.4 is 5.32 Å². The lowest BCUT2D eigenvalue weighted by Crippen LogP contribution is -2.45. The number of rotatable bonds is 4. The third-order valence-electron chi connectivity index (χ3n) is 4.83. The normalized spacial score (nSPS) is 13.5. The molecule has 2 aromatic carbocycles. The van der Waals surface area contributed by atoms with Crippen molar-refractivity contribution in [1.29, 1.82) is 0 Å². The molecule has 1 aliphatic carbocycles. The standard InChI is InChI=1S/C21H19NO8/c1-8(2)17(21(29)30-3)22-20(28)9-4-11-15(13(24)5-9)19(27)16-12(18(11)26)6-10(23)7-14(16)25/h4-8,17,23-25H,1-3H3,(H,22,28)/t17-/m0/s1. The minimum atomic E-state index is -0.965. The number of benzene rings is 2. The lowest BCUT2D eigenvalue weighted by Gasteiger charge is -2.22. The number of methoxy groups -OCH3 is 1. The summed E-state index contributed by atoms with van der Waals surface area (Å²) < 4.78 is 4.67. The molecule has 4 N–H and O–H groups in total. The molecule has 2 aromatic rings. The Morgan fingerprint density at radius 3 is 2.03 bits per heavy atom. The molecule has 0 bridgehead atoms. The highest BCUT2D eigenvalue weighted by atomic mass is 16.5. The highest BCUT2D eigenvalue weighted by Gasteiger charge is 2.36. The van der Waals surface area contributed by atoms with Crippen LogP contribution in [0.3, 0.4) is 0 Å². The maximum Gasteiger partial charge on any atom is 0.328 e. The average molecular weight is 413 g/mol. The van der Waals surface area contributed by atoms with Crippen LogP contribution in [0.1, 0.15) is 56.0 Å². The van der Waals surface area contributed by atoms with E-state index in [0.717, 1.165) is 24.3 Å². The fourth-order valence-electron chi connectivity index (χ4n) is 3.32. The first-order chi connectivity index (χ1) is 14.1. The van der Waals surface area contributed by atoms with Crippen molar-refractivity contribution in [1.82, 2.24) is 5.32 Å². The lowest BCUT2D eigenvalue weighted by molar-refractivity contribution is -0.144. The number of phenolic OH excluding ortho intramolecular Hbond substituents is 3. The summed E-state index contributed by atoms with van der Waals surface area (Å²) in [4.78, 5) is 50.2. The Bertz CT molecular complexity index is 1100. The number of nitrogens with one attached hydrogen (secondary N) is 1. The van der Waals surface area contributed by atoms with Crippen molar-refractivity contribution >= 4 is 23.4 Å². The Kier molecular flexibility index (Phi) is 5.22. The molecule has 1 atom stereocenters. The number of hydrogen-bond donors (Lipinski definition) is 4. The number of ketones is 2. The van der Waals surface area contributed by atoms with Crippen LogP contribution in [0.5, 0.6) is 17.2 Å². The van der Waals surface area contributed by atoms with Crippen molar-refractivity contribution < 1.29 is 39.2 Å². The Balaban J connectivity index is 2.06. The number of fused-ring (bicyclic) bond motifs is 2. The molecule has 0 saturated carbocycles. The molecule has 30 heavy (non-hydrogen) atoms. The number of carbonyl (C=O) groups is 4. The number of amides is 1. The molecule has 9 nitrogen and oxygen atoms in total. The van der Waals surface area contributed by atoms with Crippen LogP contribution in [0.25, 0.3) is 0 Å². The third kappa shape index (κ3) is 3.34. The number of ether oxygens (including phenoxy) is 1. The fourth-order valence-corrected chi connectivity index (χ4v) is 3.32. The van der Waals surface area contributed by atoms with E-state index in [4.69, 9.17) is 0 Å². The molecule has 0 radical (unpaired) electrons. The van der Waals surface area contributed by atoms with E-state index in [-0.39, 0.29) is 33.7 Å². The van der Waals surface area contributed by atoms with Gasteiger partial charge < -0.3 is 25.4 Å². The summed E-state index contributed by atoms with van der Waals surface area (Å²) in [7, 11) is 1.18. The van der Waals surface area contributed by atoms with Crippen molar-refractivity contribution in [3.8, 4) is 17.2 Å².